The van der Waals surface area contributed by atoms with E-state index >= 15 is 0 Å². The van der Waals surface area contributed by atoms with Crippen LogP contribution in [0.1, 0.15) is 25.7 Å². The molecule has 3 atom stereocenters. The van der Waals surface area contributed by atoms with Crippen LogP contribution in [-0.4, -0.2) is 24.1 Å². The van der Waals surface area contributed by atoms with Crippen molar-refractivity contribution in [1.82, 2.24) is 5.32 Å². The van der Waals surface area contributed by atoms with Gasteiger partial charge in [-0.3, -0.25) is 10.1 Å². The van der Waals surface area contributed by atoms with E-state index in [9.17, 15) is 10.1 Å². The summed E-state index contributed by atoms with van der Waals surface area (Å²) in [7, 11) is 0. The van der Waals surface area contributed by atoms with Gasteiger partial charge in [0.05, 0.1) is 0 Å². The predicted molar refractivity (Wildman–Crippen MR) is 49.1 cm³/mol. The molecule has 2 fully saturated rings. The highest BCUT2D eigenvalue weighted by atomic mass is 16.6. The van der Waals surface area contributed by atoms with Gasteiger partial charge < -0.3 is 5.32 Å². The van der Waals surface area contributed by atoms with Crippen LogP contribution in [0.25, 0.3) is 0 Å². The van der Waals surface area contributed by atoms with E-state index < -0.39 is 0 Å². The number of nitrogens with one attached hydrogen (secondary N) is 1. The van der Waals surface area contributed by atoms with E-state index in [0.29, 0.717) is 11.8 Å². The zero-order valence-corrected chi connectivity index (χ0v) is 7.74. The Hall–Kier alpha value is -0.640. The molecule has 0 aromatic carbocycles. The van der Waals surface area contributed by atoms with Gasteiger partial charge in [0.2, 0.25) is 6.04 Å². The number of piperidine rings is 1. The molecule has 1 saturated carbocycles. The van der Waals surface area contributed by atoms with Crippen molar-refractivity contribution >= 4 is 0 Å². The maximum absolute atomic E-state index is 10.8. The molecule has 1 aliphatic carbocycles. The van der Waals surface area contributed by atoms with E-state index in [2.05, 4.69) is 5.32 Å². The average molecular weight is 184 g/mol. The van der Waals surface area contributed by atoms with Crippen LogP contribution in [0.2, 0.25) is 0 Å². The molecule has 1 aliphatic heterocycles. The fourth-order valence-corrected chi connectivity index (χ4v) is 2.83. The fraction of sp³-hybridized carbons (Fsp3) is 1.00. The van der Waals surface area contributed by atoms with Gasteiger partial charge in [0.25, 0.3) is 0 Å². The van der Waals surface area contributed by atoms with Gasteiger partial charge in [-0.1, -0.05) is 0 Å². The number of hydrogen-bond donors (Lipinski definition) is 1. The van der Waals surface area contributed by atoms with E-state index in [-0.39, 0.29) is 11.0 Å². The van der Waals surface area contributed by atoms with Gasteiger partial charge in [0, 0.05) is 17.3 Å². The largest absolute Gasteiger partial charge is 0.316 e. The molecule has 0 spiro atoms. The van der Waals surface area contributed by atoms with Gasteiger partial charge in [-0.25, -0.2) is 0 Å². The lowest BCUT2D eigenvalue weighted by molar-refractivity contribution is -0.538. The minimum Gasteiger partial charge on any atom is -0.316 e. The number of hydrogen-bond acceptors (Lipinski definition) is 3. The molecule has 0 amide bonds. The molecule has 74 valence electrons. The molecule has 3 unspecified atom stereocenters. The van der Waals surface area contributed by atoms with Crippen molar-refractivity contribution in [3.63, 3.8) is 0 Å². The second kappa shape index (κ2) is 3.62. The zero-order valence-electron chi connectivity index (χ0n) is 7.74. The maximum Gasteiger partial charge on any atom is 0.216 e. The summed E-state index contributed by atoms with van der Waals surface area (Å²) >= 11 is 0. The van der Waals surface area contributed by atoms with Gasteiger partial charge in [-0.15, -0.1) is 0 Å². The minimum absolute atomic E-state index is 0.0534. The Labute approximate surface area is 77.8 Å². The lowest BCUT2D eigenvalue weighted by atomic mass is 9.73. The molecule has 0 bridgehead atoms. The van der Waals surface area contributed by atoms with Crippen molar-refractivity contribution in [2.75, 3.05) is 13.1 Å². The number of nitrogens with zero attached hydrogens (tertiary/aromatic N) is 1. The first kappa shape index (κ1) is 8.94. The molecule has 0 aromatic rings. The molecule has 1 saturated heterocycles. The third kappa shape index (κ3) is 1.68. The first-order chi connectivity index (χ1) is 6.29. The first-order valence-corrected chi connectivity index (χ1v) is 5.13. The van der Waals surface area contributed by atoms with Crippen molar-refractivity contribution in [2.45, 2.75) is 31.7 Å². The van der Waals surface area contributed by atoms with Crippen LogP contribution in [0.3, 0.4) is 0 Å². The van der Waals surface area contributed by atoms with Gasteiger partial charge in [-0.05, 0) is 38.3 Å². The van der Waals surface area contributed by atoms with Crippen molar-refractivity contribution in [3.05, 3.63) is 10.1 Å². The molecule has 1 N–H and O–H groups in total. The summed E-state index contributed by atoms with van der Waals surface area (Å²) in [6.07, 6.45) is 4.01. The quantitative estimate of drug-likeness (QED) is 0.489. The van der Waals surface area contributed by atoms with Gasteiger partial charge in [0.15, 0.2) is 0 Å². The Morgan fingerprint density at radius 1 is 1.31 bits per heavy atom. The van der Waals surface area contributed by atoms with Gasteiger partial charge in [0.1, 0.15) is 0 Å². The second-order valence-electron chi connectivity index (χ2n) is 4.20. The number of rotatable bonds is 1. The van der Waals surface area contributed by atoms with Crippen molar-refractivity contribution < 1.29 is 4.92 Å². The van der Waals surface area contributed by atoms with Crippen molar-refractivity contribution in [3.8, 4) is 0 Å². The summed E-state index contributed by atoms with van der Waals surface area (Å²) in [5.74, 6) is 0.919. The molecule has 4 nitrogen and oxygen atoms in total. The van der Waals surface area contributed by atoms with Crippen LogP contribution in [-0.2, 0) is 0 Å². The third-order valence-electron chi connectivity index (χ3n) is 3.51. The molecule has 2 aliphatic rings. The Balaban J connectivity index is 2.06. The van der Waals surface area contributed by atoms with E-state index in [0.717, 1.165) is 32.4 Å². The highest BCUT2D eigenvalue weighted by Crippen LogP contribution is 2.35. The molecule has 4 heteroatoms. The first-order valence-electron chi connectivity index (χ1n) is 5.13. The molecular formula is C9H16N2O2. The molecule has 2 rings (SSSR count). The highest BCUT2D eigenvalue weighted by Gasteiger charge is 2.41. The van der Waals surface area contributed by atoms with Crippen LogP contribution in [0, 0.1) is 22.0 Å². The summed E-state index contributed by atoms with van der Waals surface area (Å²) in [5.41, 5.74) is 0. The van der Waals surface area contributed by atoms with Crippen molar-refractivity contribution in [1.29, 1.82) is 0 Å². The number of fused-ring (bicyclic) bond motifs is 1. The Morgan fingerprint density at radius 2 is 2.15 bits per heavy atom. The van der Waals surface area contributed by atoms with Crippen LogP contribution in [0.4, 0.5) is 0 Å². The summed E-state index contributed by atoms with van der Waals surface area (Å²) in [6.45, 7) is 1.96. The zero-order chi connectivity index (χ0) is 9.26. The standard InChI is InChI=1S/C9H16N2O2/c12-11(13)9-3-1-2-7-6-10-5-4-8(7)9/h7-10H,1-6H2. The molecule has 1 heterocycles. The minimum atomic E-state index is -0.249. The topological polar surface area (TPSA) is 55.2 Å². The monoisotopic (exact) mass is 184 g/mol. The maximum atomic E-state index is 10.8. The van der Waals surface area contributed by atoms with Gasteiger partial charge >= 0.3 is 0 Å². The Kier molecular flexibility index (Phi) is 2.49. The summed E-state index contributed by atoms with van der Waals surface area (Å²) < 4.78 is 0. The van der Waals surface area contributed by atoms with Gasteiger partial charge in [-0.2, -0.15) is 0 Å². The fourth-order valence-electron chi connectivity index (χ4n) is 2.83. The lowest BCUT2D eigenvalue weighted by Gasteiger charge is -2.37. The Bertz CT molecular complexity index is 206. The molecule has 13 heavy (non-hydrogen) atoms. The Morgan fingerprint density at radius 3 is 2.92 bits per heavy atom. The van der Waals surface area contributed by atoms with E-state index in [1.54, 1.807) is 0 Å². The summed E-state index contributed by atoms with van der Waals surface area (Å²) in [6, 6.07) is -0.249. The van der Waals surface area contributed by atoms with Crippen molar-refractivity contribution in [2.24, 2.45) is 11.8 Å². The average Bonchev–Trinajstić information content (AvgIpc) is 2.17. The molecule has 0 aromatic heterocycles. The number of nitro groups is 1. The third-order valence-corrected chi connectivity index (χ3v) is 3.51. The van der Waals surface area contributed by atoms with Crippen LogP contribution in [0.5, 0.6) is 0 Å². The smallest absolute Gasteiger partial charge is 0.216 e. The highest BCUT2D eigenvalue weighted by molar-refractivity contribution is 4.86. The molecule has 0 radical (unpaired) electrons. The summed E-state index contributed by atoms with van der Waals surface area (Å²) in [5, 5.41) is 14.1. The second-order valence-corrected chi connectivity index (χ2v) is 4.20. The van der Waals surface area contributed by atoms with Crippen LogP contribution in [0.15, 0.2) is 0 Å². The lowest BCUT2D eigenvalue weighted by Crippen LogP contribution is -2.46. The van der Waals surface area contributed by atoms with E-state index in [4.69, 9.17) is 0 Å². The SMILES string of the molecule is O=[N+]([O-])C1CCCC2CNCCC21. The normalized spacial score (nSPS) is 39.5. The summed E-state index contributed by atoms with van der Waals surface area (Å²) in [4.78, 5) is 10.7. The van der Waals surface area contributed by atoms with E-state index in [1.807, 2.05) is 0 Å². The van der Waals surface area contributed by atoms with Crippen LogP contribution < -0.4 is 5.32 Å². The van der Waals surface area contributed by atoms with Crippen LogP contribution >= 0.6 is 0 Å². The predicted octanol–water partition coefficient (Wildman–Crippen LogP) is 1.04. The molecular weight excluding hydrogens is 168 g/mol. The van der Waals surface area contributed by atoms with E-state index in [1.165, 1.54) is 6.42 Å².